The van der Waals surface area contributed by atoms with Crippen molar-refractivity contribution in [2.45, 2.75) is 26.7 Å². The third-order valence-electron chi connectivity index (χ3n) is 4.80. The standard InChI is InChI=1S/C19H22ClN3O3S/c1-11-12(2)27-19(21-11)22-17(24)13-6-8-23(9-7-13)18(25)15-10-14(20)4-5-16(15)26-3/h4-5,10,13H,6-9H2,1-3H3,(H,21,22,24). The maximum Gasteiger partial charge on any atom is 0.257 e. The number of nitrogens with zero attached hydrogens (tertiary/aromatic N) is 2. The minimum atomic E-state index is -0.126. The normalized spacial score (nSPS) is 14.9. The fourth-order valence-electron chi connectivity index (χ4n) is 3.10. The zero-order valence-electron chi connectivity index (χ0n) is 15.5. The number of likely N-dealkylation sites (tertiary alicyclic amines) is 1. The van der Waals surface area contributed by atoms with Crippen molar-refractivity contribution in [3.05, 3.63) is 39.4 Å². The lowest BCUT2D eigenvalue weighted by atomic mass is 9.95. The number of thiazole rings is 1. The number of rotatable bonds is 4. The molecule has 0 atom stereocenters. The summed E-state index contributed by atoms with van der Waals surface area (Å²) in [5, 5.41) is 4.03. The van der Waals surface area contributed by atoms with E-state index in [2.05, 4.69) is 10.3 Å². The van der Waals surface area contributed by atoms with Gasteiger partial charge >= 0.3 is 0 Å². The molecule has 0 spiro atoms. The number of aromatic nitrogens is 1. The number of halogens is 1. The van der Waals surface area contributed by atoms with Gasteiger partial charge in [0.25, 0.3) is 5.91 Å². The Morgan fingerprint density at radius 1 is 1.30 bits per heavy atom. The highest BCUT2D eigenvalue weighted by molar-refractivity contribution is 7.15. The highest BCUT2D eigenvalue weighted by Crippen LogP contribution is 2.27. The molecule has 1 N–H and O–H groups in total. The summed E-state index contributed by atoms with van der Waals surface area (Å²) >= 11 is 7.51. The number of benzene rings is 1. The first kappa shape index (κ1) is 19.6. The molecular formula is C19H22ClN3O3S. The summed E-state index contributed by atoms with van der Waals surface area (Å²) < 4.78 is 5.27. The minimum Gasteiger partial charge on any atom is -0.496 e. The SMILES string of the molecule is COc1ccc(Cl)cc1C(=O)N1CCC(C(=O)Nc2nc(C)c(C)s2)CC1. The first-order valence-corrected chi connectivity index (χ1v) is 9.96. The van der Waals surface area contributed by atoms with Crippen LogP contribution in [0.2, 0.25) is 5.02 Å². The molecule has 1 aromatic heterocycles. The van der Waals surface area contributed by atoms with Gasteiger partial charge in [-0.05, 0) is 44.9 Å². The smallest absolute Gasteiger partial charge is 0.257 e. The van der Waals surface area contributed by atoms with E-state index in [1.54, 1.807) is 23.1 Å². The zero-order valence-corrected chi connectivity index (χ0v) is 17.1. The van der Waals surface area contributed by atoms with Crippen molar-refractivity contribution in [3.8, 4) is 5.75 Å². The number of nitrogens with one attached hydrogen (secondary N) is 1. The first-order valence-electron chi connectivity index (χ1n) is 8.76. The zero-order chi connectivity index (χ0) is 19.6. The molecule has 6 nitrogen and oxygen atoms in total. The molecule has 1 aliphatic rings. The topological polar surface area (TPSA) is 71.5 Å². The van der Waals surface area contributed by atoms with Crippen molar-refractivity contribution in [2.75, 3.05) is 25.5 Å². The Balaban J connectivity index is 1.60. The Hall–Kier alpha value is -2.12. The summed E-state index contributed by atoms with van der Waals surface area (Å²) in [4.78, 5) is 32.5. The molecule has 2 amide bonds. The van der Waals surface area contributed by atoms with Gasteiger partial charge in [-0.2, -0.15) is 0 Å². The molecule has 2 heterocycles. The molecule has 0 aliphatic carbocycles. The van der Waals surface area contributed by atoms with Gasteiger partial charge in [0.1, 0.15) is 5.75 Å². The van der Waals surface area contributed by atoms with Gasteiger partial charge in [0, 0.05) is 28.9 Å². The second-order valence-electron chi connectivity index (χ2n) is 6.56. The Kier molecular flexibility index (Phi) is 6.01. The van der Waals surface area contributed by atoms with E-state index in [9.17, 15) is 9.59 Å². The maximum absolute atomic E-state index is 12.8. The van der Waals surface area contributed by atoms with Crippen molar-refractivity contribution in [1.82, 2.24) is 9.88 Å². The van der Waals surface area contributed by atoms with Crippen molar-refractivity contribution >= 4 is 39.9 Å². The Morgan fingerprint density at radius 3 is 2.59 bits per heavy atom. The van der Waals surface area contributed by atoms with Crippen LogP contribution in [0.1, 0.15) is 33.8 Å². The highest BCUT2D eigenvalue weighted by atomic mass is 35.5. The van der Waals surface area contributed by atoms with Crippen LogP contribution in [0.3, 0.4) is 0 Å². The summed E-state index contributed by atoms with van der Waals surface area (Å²) in [5.41, 5.74) is 1.38. The van der Waals surface area contributed by atoms with E-state index in [0.717, 1.165) is 10.6 Å². The Bertz CT molecular complexity index is 840. The molecule has 1 saturated heterocycles. The van der Waals surface area contributed by atoms with Gasteiger partial charge in [0.2, 0.25) is 5.91 Å². The van der Waals surface area contributed by atoms with Gasteiger partial charge in [-0.1, -0.05) is 11.6 Å². The van der Waals surface area contributed by atoms with Gasteiger partial charge in [0.15, 0.2) is 5.13 Å². The van der Waals surface area contributed by atoms with Crippen LogP contribution in [-0.2, 0) is 4.79 Å². The number of piperidine rings is 1. The lowest BCUT2D eigenvalue weighted by molar-refractivity contribution is -0.121. The predicted molar refractivity (Wildman–Crippen MR) is 107 cm³/mol. The summed E-state index contributed by atoms with van der Waals surface area (Å²) in [6.07, 6.45) is 1.23. The van der Waals surface area contributed by atoms with Crippen molar-refractivity contribution < 1.29 is 14.3 Å². The average Bonchev–Trinajstić information content (AvgIpc) is 2.98. The van der Waals surface area contributed by atoms with Crippen LogP contribution in [0.4, 0.5) is 5.13 Å². The van der Waals surface area contributed by atoms with Crippen molar-refractivity contribution in [2.24, 2.45) is 5.92 Å². The summed E-state index contributed by atoms with van der Waals surface area (Å²) in [7, 11) is 1.53. The second kappa shape index (κ2) is 8.27. The molecule has 8 heteroatoms. The molecule has 1 fully saturated rings. The van der Waals surface area contributed by atoms with Gasteiger partial charge in [-0.3, -0.25) is 9.59 Å². The number of anilines is 1. The number of methoxy groups -OCH3 is 1. The van der Waals surface area contributed by atoms with Crippen LogP contribution in [0.15, 0.2) is 18.2 Å². The van der Waals surface area contributed by atoms with Gasteiger partial charge in [-0.25, -0.2) is 4.98 Å². The van der Waals surface area contributed by atoms with Gasteiger partial charge in [0.05, 0.1) is 18.4 Å². The van der Waals surface area contributed by atoms with Crippen LogP contribution in [-0.4, -0.2) is 41.9 Å². The lowest BCUT2D eigenvalue weighted by Gasteiger charge is -2.31. The van der Waals surface area contributed by atoms with E-state index in [1.807, 2.05) is 13.8 Å². The Morgan fingerprint density at radius 2 is 2.00 bits per heavy atom. The summed E-state index contributed by atoms with van der Waals surface area (Å²) in [5.74, 6) is 0.217. The quantitative estimate of drug-likeness (QED) is 0.833. The molecule has 3 rings (SSSR count). The summed E-state index contributed by atoms with van der Waals surface area (Å²) in [6, 6.07) is 5.00. The van der Waals surface area contributed by atoms with Gasteiger partial charge < -0.3 is 15.0 Å². The maximum atomic E-state index is 12.8. The number of carbonyl (C=O) groups excluding carboxylic acids is 2. The number of hydrogen-bond acceptors (Lipinski definition) is 5. The van der Waals surface area contributed by atoms with Crippen LogP contribution in [0.5, 0.6) is 5.75 Å². The average molecular weight is 408 g/mol. The number of hydrogen-bond donors (Lipinski definition) is 1. The molecular weight excluding hydrogens is 386 g/mol. The third-order valence-corrected chi connectivity index (χ3v) is 6.03. The fraction of sp³-hybridized carbons (Fsp3) is 0.421. The Labute approximate surface area is 167 Å². The third kappa shape index (κ3) is 4.42. The molecule has 0 unspecified atom stereocenters. The molecule has 2 aromatic rings. The van der Waals surface area contributed by atoms with E-state index in [1.165, 1.54) is 18.4 Å². The van der Waals surface area contributed by atoms with E-state index in [0.29, 0.717) is 47.4 Å². The molecule has 0 saturated carbocycles. The van der Waals surface area contributed by atoms with E-state index < -0.39 is 0 Å². The molecule has 0 radical (unpaired) electrons. The first-order chi connectivity index (χ1) is 12.9. The monoisotopic (exact) mass is 407 g/mol. The predicted octanol–water partition coefficient (Wildman–Crippen LogP) is 3.91. The van der Waals surface area contributed by atoms with Gasteiger partial charge in [-0.15, -0.1) is 11.3 Å². The van der Waals surface area contributed by atoms with Crippen molar-refractivity contribution in [3.63, 3.8) is 0 Å². The fourth-order valence-corrected chi connectivity index (χ4v) is 4.09. The molecule has 1 aliphatic heterocycles. The van der Waals surface area contributed by atoms with Crippen LogP contribution in [0, 0.1) is 19.8 Å². The molecule has 1 aromatic carbocycles. The van der Waals surface area contributed by atoms with E-state index >= 15 is 0 Å². The summed E-state index contributed by atoms with van der Waals surface area (Å²) in [6.45, 7) is 4.94. The second-order valence-corrected chi connectivity index (χ2v) is 8.20. The van der Waals surface area contributed by atoms with Crippen LogP contribution >= 0.6 is 22.9 Å². The number of carbonyl (C=O) groups is 2. The van der Waals surface area contributed by atoms with Crippen LogP contribution < -0.4 is 10.1 Å². The minimum absolute atomic E-state index is 0.0313. The van der Waals surface area contributed by atoms with E-state index in [4.69, 9.17) is 16.3 Å². The lowest BCUT2D eigenvalue weighted by Crippen LogP contribution is -2.41. The number of amides is 2. The largest absolute Gasteiger partial charge is 0.496 e. The number of aryl methyl sites for hydroxylation is 2. The van der Waals surface area contributed by atoms with Crippen LogP contribution in [0.25, 0.3) is 0 Å². The molecule has 144 valence electrons. The molecule has 0 bridgehead atoms. The highest BCUT2D eigenvalue weighted by Gasteiger charge is 2.29. The van der Waals surface area contributed by atoms with E-state index in [-0.39, 0.29) is 17.7 Å². The van der Waals surface area contributed by atoms with Crippen molar-refractivity contribution in [1.29, 1.82) is 0 Å². The number of ether oxygens (including phenoxy) is 1. The molecule has 27 heavy (non-hydrogen) atoms.